The topological polar surface area (TPSA) is 123 Å². The van der Waals surface area contributed by atoms with Crippen molar-refractivity contribution in [2.75, 3.05) is 0 Å². The van der Waals surface area contributed by atoms with E-state index < -0.39 is 8.25 Å². The zero-order valence-corrected chi connectivity index (χ0v) is 11.8. The number of hydrogen-bond acceptors (Lipinski definition) is 9. The van der Waals surface area contributed by atoms with Crippen LogP contribution in [0.2, 0.25) is 0 Å². The summed E-state index contributed by atoms with van der Waals surface area (Å²) in [4.78, 5) is 23.7. The summed E-state index contributed by atoms with van der Waals surface area (Å²) in [7, 11) is -2.94. The second kappa shape index (κ2) is 5.04. The Morgan fingerprint density at radius 2 is 1.32 bits per heavy atom. The second-order valence-electron chi connectivity index (χ2n) is 4.04. The van der Waals surface area contributed by atoms with Crippen LogP contribution in [0.4, 0.5) is 0 Å². The van der Waals surface area contributed by atoms with Crippen molar-refractivity contribution in [2.45, 2.75) is 0 Å². The van der Waals surface area contributed by atoms with Crippen molar-refractivity contribution >= 4 is 30.6 Å². The van der Waals surface area contributed by atoms with Gasteiger partial charge in [-0.05, 0) is 0 Å². The molecule has 0 aliphatic rings. The summed E-state index contributed by atoms with van der Waals surface area (Å²) in [5.74, 6) is 0. The van der Waals surface area contributed by atoms with Crippen LogP contribution in [0, 0.1) is 0 Å². The van der Waals surface area contributed by atoms with Crippen LogP contribution >= 0.6 is 8.25 Å². The van der Waals surface area contributed by atoms with E-state index in [2.05, 4.69) is 29.9 Å². The average molecular weight is 318 g/mol. The highest BCUT2D eigenvalue weighted by Gasteiger charge is 2.11. The third-order valence-corrected chi connectivity index (χ3v) is 3.40. The molecule has 0 bridgehead atoms. The third-order valence-electron chi connectivity index (χ3n) is 2.71. The Hall–Kier alpha value is -3.07. The van der Waals surface area contributed by atoms with Gasteiger partial charge in [0.25, 0.3) is 0 Å². The van der Waals surface area contributed by atoms with E-state index in [1.807, 2.05) is 0 Å². The lowest BCUT2D eigenvalue weighted by Crippen LogP contribution is -2.11. The maximum Gasteiger partial charge on any atom is 0.456 e. The molecule has 0 aliphatic carbocycles. The second-order valence-corrected chi connectivity index (χ2v) is 4.90. The number of nitrogens with zero attached hydrogens (tertiary/aromatic N) is 8. The minimum absolute atomic E-state index is 0.384. The van der Waals surface area contributed by atoms with E-state index in [1.54, 1.807) is 0 Å². The van der Waals surface area contributed by atoms with E-state index >= 15 is 0 Å². The van der Waals surface area contributed by atoms with Gasteiger partial charge in [0.1, 0.15) is 36.3 Å². The summed E-state index contributed by atoms with van der Waals surface area (Å²) in [6.45, 7) is 0. The monoisotopic (exact) mass is 318 g/mol. The standard InChI is InChI=1S/C10H7N8O3P/c19-22(20-17-5-15-7-1-11-3-13-9(7)17)21-18-6-16-8-2-12-4-14-10(8)18/h1-6,22H. The number of hydrogen-bond donors (Lipinski definition) is 0. The summed E-state index contributed by atoms with van der Waals surface area (Å²) in [5.41, 5.74) is 1.79. The molecular weight excluding hydrogens is 311 g/mol. The van der Waals surface area contributed by atoms with E-state index in [4.69, 9.17) is 9.25 Å². The van der Waals surface area contributed by atoms with Gasteiger partial charge in [0.05, 0.1) is 12.4 Å². The van der Waals surface area contributed by atoms with Crippen molar-refractivity contribution in [3.8, 4) is 0 Å². The fourth-order valence-electron chi connectivity index (χ4n) is 1.80. The largest absolute Gasteiger partial charge is 0.456 e. The Bertz CT molecular complexity index is 904. The molecule has 0 radical (unpaired) electrons. The lowest BCUT2D eigenvalue weighted by atomic mass is 10.6. The van der Waals surface area contributed by atoms with Crippen molar-refractivity contribution in [1.29, 1.82) is 0 Å². The molecular formula is C10H7N8O3P. The van der Waals surface area contributed by atoms with E-state index in [1.165, 1.54) is 37.7 Å². The van der Waals surface area contributed by atoms with Gasteiger partial charge in [-0.2, -0.15) is 0 Å². The highest BCUT2D eigenvalue weighted by Crippen LogP contribution is 2.19. The van der Waals surface area contributed by atoms with Crippen molar-refractivity contribution in [3.05, 3.63) is 37.7 Å². The van der Waals surface area contributed by atoms with Crippen molar-refractivity contribution in [2.24, 2.45) is 0 Å². The molecule has 0 unspecified atom stereocenters. The smallest absolute Gasteiger partial charge is 0.321 e. The Labute approximate surface area is 122 Å². The molecule has 0 aromatic carbocycles. The van der Waals surface area contributed by atoms with Gasteiger partial charge < -0.3 is 9.25 Å². The first-order valence-corrected chi connectivity index (χ1v) is 7.20. The van der Waals surface area contributed by atoms with Crippen LogP contribution in [0.15, 0.2) is 37.7 Å². The number of fused-ring (bicyclic) bond motifs is 2. The predicted octanol–water partition coefficient (Wildman–Crippen LogP) is -0.0869. The maximum atomic E-state index is 12.0. The van der Waals surface area contributed by atoms with Gasteiger partial charge in [0.2, 0.25) is 0 Å². The first-order valence-electron chi connectivity index (χ1n) is 5.98. The highest BCUT2D eigenvalue weighted by molar-refractivity contribution is 7.33. The Morgan fingerprint density at radius 1 is 0.818 bits per heavy atom. The zero-order chi connectivity index (χ0) is 14.9. The fraction of sp³-hybridized carbons (Fsp3) is 0. The van der Waals surface area contributed by atoms with Crippen molar-refractivity contribution in [1.82, 2.24) is 39.4 Å². The van der Waals surface area contributed by atoms with Crippen LogP contribution in [0.5, 0.6) is 0 Å². The Morgan fingerprint density at radius 3 is 1.82 bits per heavy atom. The van der Waals surface area contributed by atoms with Gasteiger partial charge in [-0.15, -0.1) is 9.46 Å². The molecule has 0 saturated heterocycles. The molecule has 12 heteroatoms. The quantitative estimate of drug-likeness (QED) is 0.475. The van der Waals surface area contributed by atoms with Crippen molar-refractivity contribution < 1.29 is 13.8 Å². The van der Waals surface area contributed by atoms with Gasteiger partial charge in [-0.25, -0.2) is 34.5 Å². The predicted molar refractivity (Wildman–Crippen MR) is 72.8 cm³/mol. The molecule has 0 aliphatic heterocycles. The van der Waals surface area contributed by atoms with Crippen LogP contribution in [0.1, 0.15) is 0 Å². The summed E-state index contributed by atoms with van der Waals surface area (Å²) in [5, 5.41) is 0. The summed E-state index contributed by atoms with van der Waals surface area (Å²) in [6, 6.07) is 0. The van der Waals surface area contributed by atoms with Crippen LogP contribution in [-0.4, -0.2) is 39.4 Å². The van der Waals surface area contributed by atoms with Crippen LogP contribution in [0.3, 0.4) is 0 Å². The molecule has 110 valence electrons. The molecule has 11 nitrogen and oxygen atoms in total. The minimum Gasteiger partial charge on any atom is -0.321 e. The summed E-state index contributed by atoms with van der Waals surface area (Å²) in [6.07, 6.45) is 8.37. The number of aromatic nitrogens is 8. The molecule has 22 heavy (non-hydrogen) atoms. The first-order chi connectivity index (χ1) is 10.8. The third kappa shape index (κ3) is 2.13. The normalized spacial score (nSPS) is 11.3. The molecule has 0 atom stereocenters. The van der Waals surface area contributed by atoms with E-state index in [0.29, 0.717) is 22.3 Å². The minimum atomic E-state index is -2.94. The lowest BCUT2D eigenvalue weighted by molar-refractivity contribution is 0.201. The van der Waals surface area contributed by atoms with Gasteiger partial charge >= 0.3 is 8.25 Å². The number of rotatable bonds is 4. The zero-order valence-electron chi connectivity index (χ0n) is 10.8. The molecule has 0 saturated carbocycles. The molecule has 4 heterocycles. The van der Waals surface area contributed by atoms with Gasteiger partial charge in [0, 0.05) is 0 Å². The fourth-order valence-corrected chi connectivity index (χ4v) is 2.42. The van der Waals surface area contributed by atoms with Crippen LogP contribution in [-0.2, 0) is 4.57 Å². The van der Waals surface area contributed by atoms with E-state index in [0.717, 1.165) is 9.46 Å². The molecule has 4 aromatic rings. The SMILES string of the molecule is O=[PH](On1cnc2cncnc21)On1cnc2cncnc21. The summed E-state index contributed by atoms with van der Waals surface area (Å²) >= 11 is 0. The van der Waals surface area contributed by atoms with Gasteiger partial charge in [-0.3, -0.25) is 0 Å². The Balaban J connectivity index is 1.58. The Kier molecular flexibility index (Phi) is 2.90. The highest BCUT2D eigenvalue weighted by atomic mass is 31.1. The van der Waals surface area contributed by atoms with Crippen LogP contribution < -0.4 is 9.25 Å². The van der Waals surface area contributed by atoms with Gasteiger partial charge in [-0.1, -0.05) is 0 Å². The molecule has 4 rings (SSSR count). The number of imidazole rings is 2. The summed E-state index contributed by atoms with van der Waals surface area (Å²) < 4.78 is 24.7. The first kappa shape index (κ1) is 12.7. The van der Waals surface area contributed by atoms with E-state index in [9.17, 15) is 4.57 Å². The van der Waals surface area contributed by atoms with Gasteiger partial charge in [0.15, 0.2) is 11.3 Å². The van der Waals surface area contributed by atoms with Crippen LogP contribution in [0.25, 0.3) is 22.3 Å². The molecule has 0 spiro atoms. The molecule has 4 aromatic heterocycles. The molecule has 0 N–H and O–H groups in total. The molecule has 0 amide bonds. The van der Waals surface area contributed by atoms with E-state index in [-0.39, 0.29) is 0 Å². The average Bonchev–Trinajstić information content (AvgIpc) is 3.13. The van der Waals surface area contributed by atoms with Crippen molar-refractivity contribution in [3.63, 3.8) is 0 Å². The maximum absolute atomic E-state index is 12.0. The lowest BCUT2D eigenvalue weighted by Gasteiger charge is -2.07. The molecule has 0 fully saturated rings.